The first-order valence-corrected chi connectivity index (χ1v) is 12.8. The van der Waals surface area contributed by atoms with Gasteiger partial charge in [0.25, 0.3) is 0 Å². The van der Waals surface area contributed by atoms with Crippen molar-refractivity contribution in [2.45, 2.75) is 64.1 Å². The lowest BCUT2D eigenvalue weighted by atomic mass is 9.89. The Kier molecular flexibility index (Phi) is 7.85. The Morgan fingerprint density at radius 2 is 1.55 bits per heavy atom. The molecular formula is C29H35FN4O4. The van der Waals surface area contributed by atoms with E-state index in [4.69, 9.17) is 19.4 Å². The van der Waals surface area contributed by atoms with Crippen molar-refractivity contribution < 1.29 is 23.5 Å². The van der Waals surface area contributed by atoms with Gasteiger partial charge in [-0.1, -0.05) is 0 Å². The number of anilines is 1. The van der Waals surface area contributed by atoms with Gasteiger partial charge >= 0.3 is 12.1 Å². The number of hydrogen-bond acceptors (Lipinski definition) is 7. The summed E-state index contributed by atoms with van der Waals surface area (Å²) >= 11 is 0. The monoisotopic (exact) mass is 522 g/mol. The van der Waals surface area contributed by atoms with Crippen LogP contribution in [0.4, 0.5) is 15.0 Å². The van der Waals surface area contributed by atoms with Crippen LogP contribution in [0.1, 0.15) is 56.8 Å². The largest absolute Gasteiger partial charge is 0.465 e. The number of hydrogen-bond donors (Lipinski definition) is 0. The highest BCUT2D eigenvalue weighted by molar-refractivity contribution is 5.94. The molecule has 0 atom stereocenters. The molecule has 0 radical (unpaired) electrons. The Morgan fingerprint density at radius 3 is 2.16 bits per heavy atom. The molecule has 1 saturated carbocycles. The van der Waals surface area contributed by atoms with Crippen LogP contribution in [0.5, 0.6) is 0 Å². The molecule has 0 saturated heterocycles. The number of ether oxygens (including phenoxy) is 2. The van der Waals surface area contributed by atoms with Crippen molar-refractivity contribution in [2.75, 3.05) is 26.1 Å². The number of aromatic nitrogens is 2. The van der Waals surface area contributed by atoms with Crippen LogP contribution in [0, 0.1) is 5.82 Å². The average Bonchev–Trinajstić information content (AvgIpc) is 2.90. The van der Waals surface area contributed by atoms with Crippen molar-refractivity contribution in [3.63, 3.8) is 0 Å². The fourth-order valence-electron chi connectivity index (χ4n) is 4.83. The lowest BCUT2D eigenvalue weighted by molar-refractivity contribution is 0.0183. The quantitative estimate of drug-likeness (QED) is 0.389. The van der Waals surface area contributed by atoms with E-state index in [0.717, 1.165) is 31.2 Å². The third kappa shape index (κ3) is 6.03. The molecule has 202 valence electrons. The van der Waals surface area contributed by atoms with Gasteiger partial charge in [-0.15, -0.1) is 0 Å². The van der Waals surface area contributed by atoms with E-state index in [1.807, 2.05) is 27.8 Å². The fourth-order valence-corrected chi connectivity index (χ4v) is 4.83. The molecule has 9 heteroatoms. The van der Waals surface area contributed by atoms with Crippen LogP contribution in [-0.2, 0) is 9.47 Å². The van der Waals surface area contributed by atoms with Crippen molar-refractivity contribution in [3.8, 4) is 11.3 Å². The zero-order valence-electron chi connectivity index (χ0n) is 22.8. The number of nitrogens with zero attached hydrogens (tertiary/aromatic N) is 4. The lowest BCUT2D eigenvalue weighted by Crippen LogP contribution is -2.45. The molecule has 1 heterocycles. The summed E-state index contributed by atoms with van der Waals surface area (Å²) in [5.74, 6) is -0.124. The first kappa shape index (κ1) is 27.3. The van der Waals surface area contributed by atoms with E-state index < -0.39 is 11.6 Å². The molecule has 0 N–H and O–H groups in total. The summed E-state index contributed by atoms with van der Waals surface area (Å²) in [4.78, 5) is 38.3. The van der Waals surface area contributed by atoms with E-state index in [9.17, 15) is 14.0 Å². The molecule has 1 aliphatic carbocycles. The number of methoxy groups -OCH3 is 1. The number of fused-ring (bicyclic) bond motifs is 1. The van der Waals surface area contributed by atoms with E-state index in [1.54, 1.807) is 42.3 Å². The predicted octanol–water partition coefficient (Wildman–Crippen LogP) is 5.84. The summed E-state index contributed by atoms with van der Waals surface area (Å²) in [6.45, 7) is 5.59. The predicted molar refractivity (Wildman–Crippen MR) is 145 cm³/mol. The molecule has 38 heavy (non-hydrogen) atoms. The third-order valence-electron chi connectivity index (χ3n) is 6.96. The van der Waals surface area contributed by atoms with Crippen molar-refractivity contribution in [2.24, 2.45) is 0 Å². The number of carbonyl (C=O) groups is 2. The molecule has 0 unspecified atom stereocenters. The SMILES string of the molecule is COC(=O)c1ccc2nc(-c3ccc(F)cc3)c(N(C)C3CCC(N(C)C(=O)OC(C)(C)C)CC3)nc2c1. The number of benzene rings is 2. The summed E-state index contributed by atoms with van der Waals surface area (Å²) in [6.07, 6.45) is 3.03. The molecule has 0 aliphatic heterocycles. The molecule has 0 bridgehead atoms. The van der Waals surface area contributed by atoms with Crippen molar-refractivity contribution in [1.29, 1.82) is 0 Å². The van der Waals surface area contributed by atoms with E-state index in [2.05, 4.69) is 4.90 Å². The summed E-state index contributed by atoms with van der Waals surface area (Å²) in [5, 5.41) is 0. The van der Waals surface area contributed by atoms with Gasteiger partial charge in [-0.3, -0.25) is 0 Å². The average molecular weight is 523 g/mol. The van der Waals surface area contributed by atoms with Crippen LogP contribution in [0.3, 0.4) is 0 Å². The second kappa shape index (κ2) is 10.9. The van der Waals surface area contributed by atoms with Gasteiger partial charge in [0.2, 0.25) is 0 Å². The van der Waals surface area contributed by atoms with Crippen LogP contribution in [0.15, 0.2) is 42.5 Å². The first-order chi connectivity index (χ1) is 18.0. The Morgan fingerprint density at radius 1 is 0.921 bits per heavy atom. The summed E-state index contributed by atoms with van der Waals surface area (Å²) < 4.78 is 24.1. The fraction of sp³-hybridized carbons (Fsp3) is 0.448. The van der Waals surface area contributed by atoms with Gasteiger partial charge in [-0.25, -0.2) is 23.9 Å². The minimum atomic E-state index is -0.540. The molecule has 4 rings (SSSR count). The molecule has 2 aromatic carbocycles. The van der Waals surface area contributed by atoms with Crippen molar-refractivity contribution >= 4 is 28.9 Å². The van der Waals surface area contributed by atoms with Crippen molar-refractivity contribution in [3.05, 3.63) is 53.8 Å². The van der Waals surface area contributed by atoms with Gasteiger partial charge in [0, 0.05) is 31.7 Å². The van der Waals surface area contributed by atoms with Gasteiger partial charge < -0.3 is 19.3 Å². The minimum absolute atomic E-state index is 0.0939. The van der Waals surface area contributed by atoms with Gasteiger partial charge in [0.1, 0.15) is 17.1 Å². The maximum atomic E-state index is 13.7. The Bertz CT molecular complexity index is 1310. The van der Waals surface area contributed by atoms with Gasteiger partial charge in [-0.2, -0.15) is 0 Å². The second-order valence-corrected chi connectivity index (χ2v) is 10.8. The smallest absolute Gasteiger partial charge is 0.410 e. The number of rotatable bonds is 5. The molecule has 1 aromatic heterocycles. The van der Waals surface area contributed by atoms with Crippen LogP contribution < -0.4 is 4.90 Å². The Balaban J connectivity index is 1.62. The van der Waals surface area contributed by atoms with Gasteiger partial charge in [0.15, 0.2) is 5.82 Å². The van der Waals surface area contributed by atoms with Gasteiger partial charge in [0.05, 0.1) is 23.7 Å². The summed E-state index contributed by atoms with van der Waals surface area (Å²) in [5.41, 5.74) is 2.43. The zero-order valence-corrected chi connectivity index (χ0v) is 22.8. The highest BCUT2D eigenvalue weighted by atomic mass is 19.1. The number of amides is 1. The molecule has 1 fully saturated rings. The third-order valence-corrected chi connectivity index (χ3v) is 6.96. The molecular weight excluding hydrogens is 487 g/mol. The van der Waals surface area contributed by atoms with Crippen LogP contribution in [0.2, 0.25) is 0 Å². The highest BCUT2D eigenvalue weighted by Crippen LogP contribution is 2.34. The first-order valence-electron chi connectivity index (χ1n) is 12.8. The maximum Gasteiger partial charge on any atom is 0.410 e. The van der Waals surface area contributed by atoms with Gasteiger partial charge in [-0.05, 0) is 88.9 Å². The molecule has 3 aromatic rings. The normalized spacial score (nSPS) is 17.7. The topological polar surface area (TPSA) is 84.9 Å². The zero-order chi connectivity index (χ0) is 27.6. The second-order valence-electron chi connectivity index (χ2n) is 10.8. The molecule has 1 amide bonds. The van der Waals surface area contributed by atoms with E-state index in [-0.39, 0.29) is 24.0 Å². The Hall–Kier alpha value is -3.75. The van der Waals surface area contributed by atoms with Crippen LogP contribution in [-0.4, -0.2) is 65.8 Å². The van der Waals surface area contributed by atoms with Crippen LogP contribution in [0.25, 0.3) is 22.3 Å². The number of carbonyl (C=O) groups excluding carboxylic acids is 2. The molecule has 0 spiro atoms. The van der Waals surface area contributed by atoms with E-state index >= 15 is 0 Å². The standard InChI is InChI=1S/C29H35FN4O4/c1-29(2,3)38-28(36)34(5)22-14-12-21(13-15-22)33(4)26-25(18-7-10-20(30)11-8-18)31-23-16-9-19(27(35)37-6)17-24(23)32-26/h7-11,16-17,21-22H,12-15H2,1-6H3. The van der Waals surface area contributed by atoms with E-state index in [1.165, 1.54) is 19.2 Å². The van der Waals surface area contributed by atoms with Crippen LogP contribution >= 0.6 is 0 Å². The number of halogens is 1. The minimum Gasteiger partial charge on any atom is -0.465 e. The summed E-state index contributed by atoms with van der Waals surface area (Å²) in [6, 6.07) is 11.5. The highest BCUT2D eigenvalue weighted by Gasteiger charge is 2.32. The van der Waals surface area contributed by atoms with Crippen molar-refractivity contribution in [1.82, 2.24) is 14.9 Å². The Labute approximate surface area is 222 Å². The lowest BCUT2D eigenvalue weighted by Gasteiger charge is -2.39. The molecule has 1 aliphatic rings. The maximum absolute atomic E-state index is 13.7. The molecule has 8 nitrogen and oxygen atoms in total. The number of esters is 1. The van der Waals surface area contributed by atoms with E-state index in [0.29, 0.717) is 28.1 Å². The summed E-state index contributed by atoms with van der Waals surface area (Å²) in [7, 11) is 5.12.